The molecule has 2 aromatic carbocycles. The minimum absolute atomic E-state index is 0. The zero-order valence-corrected chi connectivity index (χ0v) is 16.5. The Bertz CT molecular complexity index is 686. The Balaban J connectivity index is 0.00000312. The van der Waals surface area contributed by atoms with Crippen LogP contribution in [0.2, 0.25) is 0 Å². The Morgan fingerprint density at radius 1 is 1.12 bits per heavy atom. The molecule has 0 unspecified atom stereocenters. The molecule has 4 nitrogen and oxygen atoms in total. The summed E-state index contributed by atoms with van der Waals surface area (Å²) in [4.78, 5) is 4.15. The fourth-order valence-corrected chi connectivity index (χ4v) is 2.14. The normalized spacial score (nSPS) is 11.2. The summed E-state index contributed by atoms with van der Waals surface area (Å²) in [6.07, 6.45) is 0.515. The molecule has 0 aliphatic heterocycles. The van der Waals surface area contributed by atoms with Crippen LogP contribution in [0.25, 0.3) is 0 Å². The number of rotatable bonds is 6. The van der Waals surface area contributed by atoms with Crippen molar-refractivity contribution in [2.75, 3.05) is 11.9 Å². The molecule has 0 saturated carbocycles. The lowest BCUT2D eigenvalue weighted by atomic mass is 10.1. The molecule has 136 valence electrons. The van der Waals surface area contributed by atoms with Crippen molar-refractivity contribution in [3.8, 4) is 5.75 Å². The monoisotopic (exact) mass is 461 g/mol. The van der Waals surface area contributed by atoms with Crippen LogP contribution >= 0.6 is 24.0 Å². The Morgan fingerprint density at radius 3 is 2.28 bits per heavy atom. The van der Waals surface area contributed by atoms with Gasteiger partial charge in [0.15, 0.2) is 5.96 Å². The molecule has 0 saturated heterocycles. The third kappa shape index (κ3) is 7.68. The summed E-state index contributed by atoms with van der Waals surface area (Å²) in [5, 5.41) is 2.96. The highest BCUT2D eigenvalue weighted by molar-refractivity contribution is 14.0. The van der Waals surface area contributed by atoms with Crippen LogP contribution in [0, 0.1) is 11.6 Å². The van der Waals surface area contributed by atoms with Crippen molar-refractivity contribution in [2.24, 2.45) is 10.7 Å². The van der Waals surface area contributed by atoms with Gasteiger partial charge in [0, 0.05) is 18.3 Å². The summed E-state index contributed by atoms with van der Waals surface area (Å²) >= 11 is 0. The smallest absolute Gasteiger partial charge is 0.193 e. The maximum absolute atomic E-state index is 13.1. The minimum atomic E-state index is -0.594. The molecule has 0 radical (unpaired) electrons. The van der Waals surface area contributed by atoms with Gasteiger partial charge in [-0.3, -0.25) is 4.99 Å². The third-order valence-corrected chi connectivity index (χ3v) is 3.10. The Morgan fingerprint density at radius 2 is 1.72 bits per heavy atom. The van der Waals surface area contributed by atoms with E-state index in [1.54, 1.807) is 0 Å². The predicted octanol–water partition coefficient (Wildman–Crippen LogP) is 4.34. The first-order chi connectivity index (χ1) is 11.4. The second-order valence-corrected chi connectivity index (χ2v) is 5.61. The van der Waals surface area contributed by atoms with E-state index in [9.17, 15) is 8.78 Å². The van der Waals surface area contributed by atoms with E-state index in [4.69, 9.17) is 10.5 Å². The molecule has 2 aromatic rings. The number of nitrogens with two attached hydrogens (primary N) is 1. The van der Waals surface area contributed by atoms with Crippen LogP contribution in [0.3, 0.4) is 0 Å². The van der Waals surface area contributed by atoms with E-state index in [0.29, 0.717) is 18.5 Å². The molecule has 0 aromatic heterocycles. The van der Waals surface area contributed by atoms with Gasteiger partial charge in [0.2, 0.25) is 0 Å². The Labute approximate surface area is 163 Å². The molecule has 0 bridgehead atoms. The van der Waals surface area contributed by atoms with Crippen LogP contribution in [-0.4, -0.2) is 18.6 Å². The van der Waals surface area contributed by atoms with Crippen LogP contribution < -0.4 is 15.8 Å². The van der Waals surface area contributed by atoms with Gasteiger partial charge in [-0.1, -0.05) is 0 Å². The van der Waals surface area contributed by atoms with Crippen molar-refractivity contribution in [2.45, 2.75) is 26.4 Å². The highest BCUT2D eigenvalue weighted by atomic mass is 127. The number of aliphatic imine (C=N–C) groups is 1. The molecule has 0 amide bonds. The molecular formula is C18H22F2IN3O. The van der Waals surface area contributed by atoms with Crippen molar-refractivity contribution >= 4 is 35.6 Å². The van der Waals surface area contributed by atoms with Crippen LogP contribution in [0.4, 0.5) is 14.5 Å². The summed E-state index contributed by atoms with van der Waals surface area (Å²) < 4.78 is 31.7. The van der Waals surface area contributed by atoms with Gasteiger partial charge in [-0.25, -0.2) is 8.78 Å². The first-order valence-corrected chi connectivity index (χ1v) is 7.71. The number of benzene rings is 2. The minimum Gasteiger partial charge on any atom is -0.491 e. The molecule has 0 atom stereocenters. The van der Waals surface area contributed by atoms with Gasteiger partial charge in [0.05, 0.1) is 6.10 Å². The molecule has 7 heteroatoms. The predicted molar refractivity (Wildman–Crippen MR) is 108 cm³/mol. The Kier molecular flexibility index (Phi) is 8.60. The van der Waals surface area contributed by atoms with Crippen molar-refractivity contribution < 1.29 is 13.5 Å². The van der Waals surface area contributed by atoms with Gasteiger partial charge in [-0.15, -0.1) is 24.0 Å². The maximum Gasteiger partial charge on any atom is 0.193 e. The number of ether oxygens (including phenoxy) is 1. The fraction of sp³-hybridized carbons (Fsp3) is 0.278. The van der Waals surface area contributed by atoms with Crippen LogP contribution in [0.5, 0.6) is 5.75 Å². The van der Waals surface area contributed by atoms with Gasteiger partial charge in [-0.05, 0) is 62.2 Å². The second-order valence-electron chi connectivity index (χ2n) is 5.61. The van der Waals surface area contributed by atoms with Gasteiger partial charge in [-0.2, -0.15) is 0 Å². The lowest BCUT2D eigenvalue weighted by molar-refractivity contribution is 0.242. The van der Waals surface area contributed by atoms with Crippen LogP contribution in [0.1, 0.15) is 19.4 Å². The second kappa shape index (κ2) is 10.2. The molecule has 2 rings (SSSR count). The van der Waals surface area contributed by atoms with Crippen molar-refractivity contribution in [3.63, 3.8) is 0 Å². The van der Waals surface area contributed by atoms with E-state index in [2.05, 4.69) is 10.3 Å². The van der Waals surface area contributed by atoms with E-state index >= 15 is 0 Å². The topological polar surface area (TPSA) is 59.6 Å². The first-order valence-electron chi connectivity index (χ1n) is 7.71. The number of guanidine groups is 1. The summed E-state index contributed by atoms with van der Waals surface area (Å²) in [7, 11) is 0. The number of nitrogens with zero attached hydrogens (tertiary/aromatic N) is 1. The van der Waals surface area contributed by atoms with E-state index in [1.165, 1.54) is 12.1 Å². The highest BCUT2D eigenvalue weighted by Gasteiger charge is 2.01. The molecule has 0 aliphatic rings. The first kappa shape index (κ1) is 21.1. The molecule has 0 spiro atoms. The molecule has 3 N–H and O–H groups in total. The zero-order chi connectivity index (χ0) is 17.5. The van der Waals surface area contributed by atoms with Gasteiger partial charge in [0.1, 0.15) is 17.4 Å². The zero-order valence-electron chi connectivity index (χ0n) is 14.1. The number of hydrogen-bond acceptors (Lipinski definition) is 2. The van der Waals surface area contributed by atoms with E-state index in [-0.39, 0.29) is 36.0 Å². The van der Waals surface area contributed by atoms with Crippen molar-refractivity contribution in [1.82, 2.24) is 0 Å². The van der Waals surface area contributed by atoms with Crippen molar-refractivity contribution in [1.29, 1.82) is 0 Å². The molecular weight excluding hydrogens is 439 g/mol. The van der Waals surface area contributed by atoms with E-state index in [1.807, 2.05) is 38.1 Å². The standard InChI is InChI=1S/C18H21F2N3O.HI/c1-12(2)24-17-5-3-16(4-6-17)23-18(21)22-8-7-13-9-14(19)11-15(20)10-13;/h3-6,9-12H,7-8H2,1-2H3,(H3,21,22,23);1H. The fourth-order valence-electron chi connectivity index (χ4n) is 2.14. The van der Waals surface area contributed by atoms with Crippen molar-refractivity contribution in [3.05, 3.63) is 59.7 Å². The summed E-state index contributed by atoms with van der Waals surface area (Å²) in [6.45, 7) is 4.25. The number of anilines is 1. The van der Waals surface area contributed by atoms with Gasteiger partial charge in [0.25, 0.3) is 0 Å². The highest BCUT2D eigenvalue weighted by Crippen LogP contribution is 2.16. The Hall–Kier alpha value is -1.90. The van der Waals surface area contributed by atoms with E-state index < -0.39 is 11.6 Å². The average Bonchev–Trinajstić information content (AvgIpc) is 2.48. The summed E-state index contributed by atoms with van der Waals surface area (Å²) in [5.74, 6) is -0.170. The van der Waals surface area contributed by atoms with Crippen LogP contribution in [0.15, 0.2) is 47.5 Å². The van der Waals surface area contributed by atoms with Gasteiger partial charge >= 0.3 is 0 Å². The molecule has 25 heavy (non-hydrogen) atoms. The summed E-state index contributed by atoms with van der Waals surface area (Å²) in [5.41, 5.74) is 7.13. The largest absolute Gasteiger partial charge is 0.491 e. The van der Waals surface area contributed by atoms with Crippen LogP contribution in [-0.2, 0) is 6.42 Å². The average molecular weight is 461 g/mol. The number of nitrogens with one attached hydrogen (secondary N) is 1. The van der Waals surface area contributed by atoms with Gasteiger partial charge < -0.3 is 15.8 Å². The lowest BCUT2D eigenvalue weighted by Crippen LogP contribution is -2.23. The quantitative estimate of drug-likeness (QED) is 0.383. The number of halogens is 3. The third-order valence-electron chi connectivity index (χ3n) is 3.10. The maximum atomic E-state index is 13.1. The summed E-state index contributed by atoms with van der Waals surface area (Å²) in [6, 6.07) is 10.8. The number of hydrogen-bond donors (Lipinski definition) is 2. The molecule has 0 heterocycles. The molecule has 0 fully saturated rings. The molecule has 0 aliphatic carbocycles. The SMILES string of the molecule is CC(C)Oc1ccc(NC(N)=NCCc2cc(F)cc(F)c2)cc1.I. The van der Waals surface area contributed by atoms with E-state index in [0.717, 1.165) is 17.5 Å². The lowest BCUT2D eigenvalue weighted by Gasteiger charge is -2.11.